The Kier molecular flexibility index (Phi) is 5.00. The quantitative estimate of drug-likeness (QED) is 0.558. The molecule has 98 valence electrons. The molecule has 0 bridgehead atoms. The number of nitrogens with two attached hydrogens (primary N) is 1. The molecule has 0 aliphatic rings. The summed E-state index contributed by atoms with van der Waals surface area (Å²) in [6.45, 7) is 0.311. The molecule has 1 amide bonds. The average molecular weight is 257 g/mol. The van der Waals surface area contributed by atoms with E-state index >= 15 is 0 Å². The maximum absolute atomic E-state index is 13.2. The van der Waals surface area contributed by atoms with Gasteiger partial charge in [0.05, 0.1) is 4.92 Å². The van der Waals surface area contributed by atoms with Crippen LogP contribution in [-0.2, 0) is 4.79 Å². The van der Waals surface area contributed by atoms with Crippen molar-refractivity contribution >= 4 is 11.6 Å². The Morgan fingerprint density at radius 2 is 2.28 bits per heavy atom. The molecule has 0 aliphatic carbocycles. The van der Waals surface area contributed by atoms with Gasteiger partial charge in [0, 0.05) is 25.2 Å². The summed E-state index contributed by atoms with van der Waals surface area (Å²) in [7, 11) is 0. The smallest absolute Gasteiger partial charge is 0.305 e. The Labute approximate surface area is 102 Å². The Balaban J connectivity index is 2.56. The first-order chi connectivity index (χ1) is 8.54. The summed E-state index contributed by atoms with van der Waals surface area (Å²) in [4.78, 5) is 20.7. The van der Waals surface area contributed by atoms with E-state index in [-0.39, 0.29) is 12.4 Å². The van der Waals surface area contributed by atoms with Crippen molar-refractivity contribution in [1.82, 2.24) is 5.32 Å². The van der Waals surface area contributed by atoms with E-state index in [0.29, 0.717) is 13.1 Å². The van der Waals surface area contributed by atoms with Gasteiger partial charge in [-0.05, 0) is 6.07 Å². The highest BCUT2D eigenvalue weighted by molar-refractivity contribution is 5.77. The first-order valence-corrected chi connectivity index (χ1v) is 5.08. The highest BCUT2D eigenvalue weighted by Crippen LogP contribution is 2.22. The molecule has 0 fully saturated rings. The number of ether oxygens (including phenoxy) is 1. The van der Waals surface area contributed by atoms with Crippen LogP contribution < -0.4 is 15.8 Å². The van der Waals surface area contributed by atoms with Gasteiger partial charge in [0.2, 0.25) is 5.82 Å². The number of amides is 1. The average Bonchev–Trinajstić information content (AvgIpc) is 2.33. The number of benzene rings is 1. The zero-order valence-electron chi connectivity index (χ0n) is 9.39. The molecule has 0 heterocycles. The van der Waals surface area contributed by atoms with Crippen LogP contribution in [-0.4, -0.2) is 30.5 Å². The third-order valence-electron chi connectivity index (χ3n) is 1.95. The summed E-state index contributed by atoms with van der Waals surface area (Å²) in [5.41, 5.74) is 4.54. The Hall–Kier alpha value is -2.22. The van der Waals surface area contributed by atoms with Gasteiger partial charge in [-0.1, -0.05) is 0 Å². The molecule has 0 saturated carbocycles. The summed E-state index contributed by atoms with van der Waals surface area (Å²) >= 11 is 0. The van der Waals surface area contributed by atoms with Gasteiger partial charge in [-0.2, -0.15) is 4.39 Å². The standard InChI is InChI=1S/C10H12FN3O4/c11-8-5-7(1-2-9(8)14(16)17)18-6-10(15)13-4-3-12/h1-2,5H,3-4,6,12H2,(H,13,15). The third-order valence-corrected chi connectivity index (χ3v) is 1.95. The van der Waals surface area contributed by atoms with Crippen LogP contribution in [0.25, 0.3) is 0 Å². The lowest BCUT2D eigenvalue weighted by molar-refractivity contribution is -0.387. The molecule has 0 spiro atoms. The topological polar surface area (TPSA) is 107 Å². The van der Waals surface area contributed by atoms with Crippen LogP contribution in [0, 0.1) is 15.9 Å². The fourth-order valence-electron chi connectivity index (χ4n) is 1.14. The Morgan fingerprint density at radius 1 is 1.56 bits per heavy atom. The Bertz CT molecular complexity index is 453. The lowest BCUT2D eigenvalue weighted by Gasteiger charge is -2.06. The highest BCUT2D eigenvalue weighted by Gasteiger charge is 2.14. The van der Waals surface area contributed by atoms with Crippen LogP contribution in [0.15, 0.2) is 18.2 Å². The lowest BCUT2D eigenvalue weighted by atomic mass is 10.3. The van der Waals surface area contributed by atoms with Gasteiger partial charge < -0.3 is 15.8 Å². The summed E-state index contributed by atoms with van der Waals surface area (Å²) in [6.07, 6.45) is 0. The number of nitrogens with one attached hydrogen (secondary N) is 1. The molecule has 0 radical (unpaired) electrons. The second-order valence-electron chi connectivity index (χ2n) is 3.30. The molecule has 0 unspecified atom stereocenters. The minimum absolute atomic E-state index is 0.0426. The van der Waals surface area contributed by atoms with Crippen molar-refractivity contribution in [3.63, 3.8) is 0 Å². The summed E-state index contributed by atoms with van der Waals surface area (Å²) in [5, 5.41) is 12.8. The van der Waals surface area contributed by atoms with E-state index in [1.807, 2.05) is 0 Å². The first kappa shape index (κ1) is 13.8. The van der Waals surface area contributed by atoms with Crippen molar-refractivity contribution in [2.75, 3.05) is 19.7 Å². The van der Waals surface area contributed by atoms with Gasteiger partial charge in [0.25, 0.3) is 5.91 Å². The normalized spacial score (nSPS) is 9.89. The van der Waals surface area contributed by atoms with Gasteiger partial charge in [-0.3, -0.25) is 14.9 Å². The van der Waals surface area contributed by atoms with E-state index in [2.05, 4.69) is 5.32 Å². The molecule has 3 N–H and O–H groups in total. The van der Waals surface area contributed by atoms with Crippen molar-refractivity contribution in [2.45, 2.75) is 0 Å². The van der Waals surface area contributed by atoms with Crippen LogP contribution in [0.2, 0.25) is 0 Å². The van der Waals surface area contributed by atoms with Crippen LogP contribution in [0.3, 0.4) is 0 Å². The number of halogens is 1. The number of nitro benzene ring substituents is 1. The largest absolute Gasteiger partial charge is 0.484 e. The van der Waals surface area contributed by atoms with E-state index < -0.39 is 22.3 Å². The number of carbonyl (C=O) groups excluding carboxylic acids is 1. The number of nitro groups is 1. The molecule has 1 aromatic carbocycles. The predicted octanol–water partition coefficient (Wildman–Crippen LogP) is 0.188. The van der Waals surface area contributed by atoms with Crippen molar-refractivity contribution in [1.29, 1.82) is 0 Å². The van der Waals surface area contributed by atoms with Crippen molar-refractivity contribution < 1.29 is 18.8 Å². The van der Waals surface area contributed by atoms with Gasteiger partial charge in [0.15, 0.2) is 6.61 Å². The van der Waals surface area contributed by atoms with Gasteiger partial charge in [-0.15, -0.1) is 0 Å². The molecule has 0 atom stereocenters. The second-order valence-corrected chi connectivity index (χ2v) is 3.30. The van der Waals surface area contributed by atoms with Crippen LogP contribution in [0.4, 0.5) is 10.1 Å². The number of carbonyl (C=O) groups is 1. The van der Waals surface area contributed by atoms with Crippen LogP contribution in [0.1, 0.15) is 0 Å². The first-order valence-electron chi connectivity index (χ1n) is 5.08. The SMILES string of the molecule is NCCNC(=O)COc1ccc([N+](=O)[O-])c(F)c1. The second kappa shape index (κ2) is 6.50. The Morgan fingerprint density at radius 3 is 2.83 bits per heavy atom. The number of rotatable bonds is 6. The van der Waals surface area contributed by atoms with Gasteiger partial charge >= 0.3 is 5.69 Å². The number of nitrogens with zero attached hydrogens (tertiary/aromatic N) is 1. The molecular formula is C10H12FN3O4. The van der Waals surface area contributed by atoms with E-state index in [1.165, 1.54) is 6.07 Å². The van der Waals surface area contributed by atoms with E-state index in [0.717, 1.165) is 12.1 Å². The fourth-order valence-corrected chi connectivity index (χ4v) is 1.14. The zero-order chi connectivity index (χ0) is 13.5. The predicted molar refractivity (Wildman–Crippen MR) is 60.6 cm³/mol. The van der Waals surface area contributed by atoms with E-state index in [9.17, 15) is 19.3 Å². The molecule has 18 heavy (non-hydrogen) atoms. The van der Waals surface area contributed by atoms with Crippen LogP contribution >= 0.6 is 0 Å². The third kappa shape index (κ3) is 3.98. The van der Waals surface area contributed by atoms with Crippen molar-refractivity contribution in [3.05, 3.63) is 34.1 Å². The molecule has 0 aromatic heterocycles. The molecule has 8 heteroatoms. The zero-order valence-corrected chi connectivity index (χ0v) is 9.39. The van der Waals surface area contributed by atoms with Gasteiger partial charge in [0.1, 0.15) is 5.75 Å². The molecule has 7 nitrogen and oxygen atoms in total. The summed E-state index contributed by atoms with van der Waals surface area (Å²) < 4.78 is 18.2. The van der Waals surface area contributed by atoms with Crippen molar-refractivity contribution in [3.8, 4) is 5.75 Å². The molecule has 0 saturated heterocycles. The molecule has 1 rings (SSSR count). The van der Waals surface area contributed by atoms with Gasteiger partial charge in [-0.25, -0.2) is 0 Å². The lowest BCUT2D eigenvalue weighted by Crippen LogP contribution is -2.32. The summed E-state index contributed by atoms with van der Waals surface area (Å²) in [5.74, 6) is -1.37. The molecule has 1 aromatic rings. The fraction of sp³-hybridized carbons (Fsp3) is 0.300. The molecule has 0 aliphatic heterocycles. The maximum Gasteiger partial charge on any atom is 0.305 e. The summed E-state index contributed by atoms with van der Waals surface area (Å²) in [6, 6.07) is 3.05. The van der Waals surface area contributed by atoms with Crippen molar-refractivity contribution in [2.24, 2.45) is 5.73 Å². The number of hydrogen-bond acceptors (Lipinski definition) is 5. The molecular weight excluding hydrogens is 245 g/mol. The van der Waals surface area contributed by atoms with Crippen LogP contribution in [0.5, 0.6) is 5.75 Å². The number of hydrogen-bond donors (Lipinski definition) is 2. The van der Waals surface area contributed by atoms with E-state index in [1.54, 1.807) is 0 Å². The highest BCUT2D eigenvalue weighted by atomic mass is 19.1. The monoisotopic (exact) mass is 257 g/mol. The minimum atomic E-state index is -1.01. The minimum Gasteiger partial charge on any atom is -0.484 e. The van der Waals surface area contributed by atoms with E-state index in [4.69, 9.17) is 10.5 Å². The maximum atomic E-state index is 13.2.